The molecular weight excluding hydrogens is 252 g/mol. The van der Waals surface area contributed by atoms with Crippen LogP contribution in [-0.2, 0) is 23.7 Å². The number of hydrogen-bond donors (Lipinski definition) is 1. The van der Waals surface area contributed by atoms with Crippen molar-refractivity contribution in [2.24, 2.45) is 0 Å². The summed E-state index contributed by atoms with van der Waals surface area (Å²) >= 11 is 0. The van der Waals surface area contributed by atoms with E-state index >= 15 is 0 Å². The third-order valence-electron chi connectivity index (χ3n) is 3.54. The van der Waals surface area contributed by atoms with Gasteiger partial charge in [-0.2, -0.15) is 0 Å². The number of rotatable bonds is 8. The summed E-state index contributed by atoms with van der Waals surface area (Å²) in [4.78, 5) is 0. The Balaban J connectivity index is 2.74. The molecule has 1 saturated heterocycles. The number of hydrogen-bond acceptors (Lipinski definition) is 6. The topological polar surface area (TPSA) is 66.4 Å². The van der Waals surface area contributed by atoms with Crippen molar-refractivity contribution in [1.29, 1.82) is 0 Å². The van der Waals surface area contributed by atoms with E-state index in [1.54, 1.807) is 28.4 Å². The van der Waals surface area contributed by atoms with Gasteiger partial charge < -0.3 is 28.8 Å². The van der Waals surface area contributed by atoms with E-state index in [0.717, 1.165) is 19.3 Å². The van der Waals surface area contributed by atoms with Gasteiger partial charge in [-0.05, 0) is 19.3 Å². The van der Waals surface area contributed by atoms with Crippen LogP contribution in [0, 0.1) is 0 Å². The third-order valence-corrected chi connectivity index (χ3v) is 3.54. The van der Waals surface area contributed by atoms with E-state index in [2.05, 4.69) is 0 Å². The molecule has 0 saturated carbocycles. The lowest BCUT2D eigenvalue weighted by Crippen LogP contribution is -2.59. The molecule has 6 heteroatoms. The van der Waals surface area contributed by atoms with Gasteiger partial charge in [0.1, 0.15) is 18.3 Å². The summed E-state index contributed by atoms with van der Waals surface area (Å²) in [6.45, 7) is 0.187. The highest BCUT2D eigenvalue weighted by Gasteiger charge is 2.46. The molecule has 6 nitrogen and oxygen atoms in total. The first-order valence-electron chi connectivity index (χ1n) is 6.61. The summed E-state index contributed by atoms with van der Waals surface area (Å²) in [6, 6.07) is 0. The second-order valence-electron chi connectivity index (χ2n) is 4.60. The van der Waals surface area contributed by atoms with Crippen LogP contribution in [0.5, 0.6) is 0 Å². The first kappa shape index (κ1) is 16.8. The highest BCUT2D eigenvalue weighted by Crippen LogP contribution is 2.29. The normalized spacial score (nSPS) is 35.5. The minimum absolute atomic E-state index is 0.127. The lowest BCUT2D eigenvalue weighted by Gasteiger charge is -2.44. The highest BCUT2D eigenvalue weighted by molar-refractivity contribution is 4.92. The Morgan fingerprint density at radius 2 is 1.47 bits per heavy atom. The number of aliphatic hydroxyl groups excluding tert-OH is 1. The Hall–Kier alpha value is -0.240. The van der Waals surface area contributed by atoms with Crippen LogP contribution in [0.3, 0.4) is 0 Å². The minimum atomic E-state index is -0.472. The van der Waals surface area contributed by atoms with Crippen molar-refractivity contribution in [3.05, 3.63) is 0 Å². The monoisotopic (exact) mass is 278 g/mol. The van der Waals surface area contributed by atoms with Crippen LogP contribution < -0.4 is 0 Å². The molecule has 0 unspecified atom stereocenters. The van der Waals surface area contributed by atoms with Crippen LogP contribution in [0.25, 0.3) is 0 Å². The largest absolute Gasteiger partial charge is 0.396 e. The van der Waals surface area contributed by atoms with Crippen LogP contribution in [0.2, 0.25) is 0 Å². The maximum atomic E-state index is 8.85. The second kappa shape index (κ2) is 8.84. The molecule has 0 spiro atoms. The molecule has 0 radical (unpaired) electrons. The standard InChI is InChI=1S/C13H26O6/c1-15-10-9(7-5-6-8-14)19-13(18-4)12(17-3)11(10)16-2/h9-14H,5-8H2,1-4H3/t9-,10-,11+,12-,13+/m0/s1. The molecule has 1 aliphatic heterocycles. The van der Waals surface area contributed by atoms with E-state index in [1.165, 1.54) is 0 Å². The summed E-state index contributed by atoms with van der Waals surface area (Å²) in [5, 5.41) is 8.85. The number of methoxy groups -OCH3 is 4. The van der Waals surface area contributed by atoms with Crippen LogP contribution in [-0.4, -0.2) is 70.9 Å². The summed E-state index contributed by atoms with van der Waals surface area (Å²) in [5.74, 6) is 0. The van der Waals surface area contributed by atoms with Crippen molar-refractivity contribution in [1.82, 2.24) is 0 Å². The van der Waals surface area contributed by atoms with Gasteiger partial charge in [0, 0.05) is 35.0 Å². The molecule has 0 aromatic heterocycles. The van der Waals surface area contributed by atoms with E-state index in [-0.39, 0.29) is 31.0 Å². The number of ether oxygens (including phenoxy) is 5. The van der Waals surface area contributed by atoms with Gasteiger partial charge in [0.2, 0.25) is 0 Å². The van der Waals surface area contributed by atoms with E-state index < -0.39 is 6.29 Å². The first-order valence-corrected chi connectivity index (χ1v) is 6.61. The average molecular weight is 278 g/mol. The van der Waals surface area contributed by atoms with Gasteiger partial charge >= 0.3 is 0 Å². The van der Waals surface area contributed by atoms with E-state index in [0.29, 0.717) is 0 Å². The molecule has 0 aromatic rings. The van der Waals surface area contributed by atoms with E-state index in [4.69, 9.17) is 28.8 Å². The van der Waals surface area contributed by atoms with Crippen molar-refractivity contribution in [3.8, 4) is 0 Å². The molecule has 1 heterocycles. The summed E-state index contributed by atoms with van der Waals surface area (Å²) in [6.07, 6.45) is 1.03. The molecule has 114 valence electrons. The Labute approximate surface area is 114 Å². The van der Waals surface area contributed by atoms with Crippen LogP contribution >= 0.6 is 0 Å². The van der Waals surface area contributed by atoms with Gasteiger partial charge in [-0.1, -0.05) is 0 Å². The Bertz CT molecular complexity index is 237. The zero-order valence-electron chi connectivity index (χ0n) is 12.2. The smallest absolute Gasteiger partial charge is 0.186 e. The van der Waals surface area contributed by atoms with Crippen molar-refractivity contribution >= 4 is 0 Å². The average Bonchev–Trinajstić information content (AvgIpc) is 2.45. The Kier molecular flexibility index (Phi) is 7.82. The zero-order chi connectivity index (χ0) is 14.3. The predicted molar refractivity (Wildman–Crippen MR) is 69.0 cm³/mol. The maximum Gasteiger partial charge on any atom is 0.186 e. The second-order valence-corrected chi connectivity index (χ2v) is 4.60. The molecular formula is C13H26O6. The van der Waals surface area contributed by atoms with Gasteiger partial charge in [0.05, 0.1) is 6.10 Å². The molecule has 1 rings (SSSR count). The van der Waals surface area contributed by atoms with Crippen LogP contribution in [0.15, 0.2) is 0 Å². The fraction of sp³-hybridized carbons (Fsp3) is 1.00. The summed E-state index contributed by atoms with van der Waals surface area (Å²) in [7, 11) is 6.46. The van der Waals surface area contributed by atoms with Crippen molar-refractivity contribution < 1.29 is 28.8 Å². The summed E-state index contributed by atoms with van der Waals surface area (Å²) < 4.78 is 27.6. The van der Waals surface area contributed by atoms with Crippen LogP contribution in [0.4, 0.5) is 0 Å². The number of unbranched alkanes of at least 4 members (excludes halogenated alkanes) is 1. The lowest BCUT2D eigenvalue weighted by atomic mass is 9.95. The molecule has 5 atom stereocenters. The van der Waals surface area contributed by atoms with Gasteiger partial charge in [-0.15, -0.1) is 0 Å². The fourth-order valence-electron chi connectivity index (χ4n) is 2.56. The molecule has 19 heavy (non-hydrogen) atoms. The maximum absolute atomic E-state index is 8.85. The Morgan fingerprint density at radius 1 is 0.842 bits per heavy atom. The van der Waals surface area contributed by atoms with Crippen LogP contribution in [0.1, 0.15) is 19.3 Å². The van der Waals surface area contributed by atoms with Gasteiger partial charge in [0.15, 0.2) is 6.29 Å². The molecule has 0 bridgehead atoms. The molecule has 0 aliphatic carbocycles. The summed E-state index contributed by atoms with van der Waals surface area (Å²) in [5.41, 5.74) is 0. The molecule has 1 fully saturated rings. The van der Waals surface area contributed by atoms with E-state index in [9.17, 15) is 0 Å². The molecule has 1 aliphatic rings. The fourth-order valence-corrected chi connectivity index (χ4v) is 2.56. The zero-order valence-corrected chi connectivity index (χ0v) is 12.2. The first-order chi connectivity index (χ1) is 9.23. The highest BCUT2D eigenvalue weighted by atomic mass is 16.7. The van der Waals surface area contributed by atoms with Gasteiger partial charge in [-0.25, -0.2) is 0 Å². The number of aliphatic hydroxyl groups is 1. The molecule has 0 amide bonds. The van der Waals surface area contributed by atoms with Crippen molar-refractivity contribution in [3.63, 3.8) is 0 Å². The molecule has 1 N–H and O–H groups in total. The van der Waals surface area contributed by atoms with Gasteiger partial charge in [-0.3, -0.25) is 0 Å². The predicted octanol–water partition coefficient (Wildman–Crippen LogP) is 0.565. The Morgan fingerprint density at radius 3 is 1.95 bits per heavy atom. The third kappa shape index (κ3) is 4.11. The minimum Gasteiger partial charge on any atom is -0.396 e. The van der Waals surface area contributed by atoms with E-state index in [1.807, 2.05) is 0 Å². The SMILES string of the molecule is CO[C@@H]1O[C@@H](CCCCO)[C@H](OC)[C@@H](OC)[C@@H]1OC. The van der Waals surface area contributed by atoms with Gasteiger partial charge in [0.25, 0.3) is 0 Å². The molecule has 0 aromatic carbocycles. The van der Waals surface area contributed by atoms with Crippen molar-refractivity contribution in [2.75, 3.05) is 35.0 Å². The lowest BCUT2D eigenvalue weighted by molar-refractivity contribution is -0.303. The quantitative estimate of drug-likeness (QED) is 0.655. The van der Waals surface area contributed by atoms with Crippen molar-refractivity contribution in [2.45, 2.75) is 50.0 Å².